The lowest BCUT2D eigenvalue weighted by molar-refractivity contribution is 0.590. The fourth-order valence-electron chi connectivity index (χ4n) is 5.74. The van der Waals surface area contributed by atoms with Gasteiger partial charge in [0.05, 0.1) is 0 Å². The highest BCUT2D eigenvalue weighted by Gasteiger charge is 2.44. The number of rotatable bonds is 1. The van der Waals surface area contributed by atoms with E-state index in [1.165, 1.54) is 37.4 Å². The van der Waals surface area contributed by atoms with Gasteiger partial charge in [-0.25, -0.2) is 0 Å². The topological polar surface area (TPSA) is 0 Å². The lowest BCUT2D eigenvalue weighted by Crippen LogP contribution is -2.77. The van der Waals surface area contributed by atoms with Gasteiger partial charge in [-0.05, 0) is 34.2 Å². The summed E-state index contributed by atoms with van der Waals surface area (Å²) in [6, 6.07) is 32.5. The normalized spacial score (nSPS) is 15.5. The van der Waals surface area contributed by atoms with E-state index in [1.54, 1.807) is 15.8 Å². The fourth-order valence-corrected chi connectivity index (χ4v) is 10.3. The zero-order valence-corrected chi connectivity index (χ0v) is 21.9. The van der Waals surface area contributed by atoms with Crippen molar-refractivity contribution in [2.75, 3.05) is 0 Å². The van der Waals surface area contributed by atoms with Crippen molar-refractivity contribution in [1.29, 1.82) is 0 Å². The number of benzene rings is 4. The monoisotopic (exact) mass is 460 g/mol. The first kappa shape index (κ1) is 21.1. The van der Waals surface area contributed by atoms with Crippen LogP contribution >= 0.6 is 11.8 Å². The van der Waals surface area contributed by atoms with E-state index in [4.69, 9.17) is 0 Å². The first-order chi connectivity index (χ1) is 15.7. The van der Waals surface area contributed by atoms with Gasteiger partial charge in [0.2, 0.25) is 6.71 Å². The second kappa shape index (κ2) is 7.25. The first-order valence-corrected chi connectivity index (χ1v) is 15.7. The summed E-state index contributed by atoms with van der Waals surface area (Å²) in [5.74, 6) is 0. The van der Waals surface area contributed by atoms with Crippen LogP contribution in [0.1, 0.15) is 26.3 Å². The van der Waals surface area contributed by atoms with Gasteiger partial charge >= 0.3 is 0 Å². The van der Waals surface area contributed by atoms with Crippen LogP contribution in [0.15, 0.2) is 94.7 Å². The molecular weight excluding hydrogens is 431 g/mol. The van der Waals surface area contributed by atoms with Crippen molar-refractivity contribution in [2.45, 2.75) is 49.1 Å². The summed E-state index contributed by atoms with van der Waals surface area (Å²) in [7, 11) is -1.71. The minimum Gasteiger partial charge on any atom is -0.0912 e. The Labute approximate surface area is 203 Å². The number of fused-ring (bicyclic) bond motifs is 4. The number of hydrogen-bond acceptors (Lipinski definition) is 1. The van der Waals surface area contributed by atoms with Crippen LogP contribution in [0.4, 0.5) is 0 Å². The molecule has 2 heterocycles. The van der Waals surface area contributed by atoms with E-state index in [1.807, 2.05) is 11.8 Å². The van der Waals surface area contributed by atoms with Crippen molar-refractivity contribution in [3.8, 4) is 11.1 Å². The molecule has 0 N–H and O–H groups in total. The molecule has 0 radical (unpaired) electrons. The molecule has 0 nitrogen and oxygen atoms in total. The summed E-state index contributed by atoms with van der Waals surface area (Å²) in [6.45, 7) is 12.2. The number of hydrogen-bond donors (Lipinski definition) is 0. The van der Waals surface area contributed by atoms with Gasteiger partial charge in [-0.3, -0.25) is 0 Å². The van der Waals surface area contributed by atoms with E-state index >= 15 is 0 Å². The molecule has 0 unspecified atom stereocenters. The van der Waals surface area contributed by atoms with E-state index in [2.05, 4.69) is 119 Å². The summed E-state index contributed by atoms with van der Waals surface area (Å²) < 4.78 is 0. The van der Waals surface area contributed by atoms with E-state index in [-0.39, 0.29) is 5.41 Å². The Kier molecular flexibility index (Phi) is 4.63. The molecule has 0 atom stereocenters. The molecule has 33 heavy (non-hydrogen) atoms. The van der Waals surface area contributed by atoms with Gasteiger partial charge in [0.25, 0.3) is 0 Å². The van der Waals surface area contributed by atoms with Crippen molar-refractivity contribution in [2.24, 2.45) is 0 Å². The Hall–Kier alpha value is -2.49. The van der Waals surface area contributed by atoms with Crippen LogP contribution in [-0.2, 0) is 5.41 Å². The van der Waals surface area contributed by atoms with Crippen LogP contribution < -0.4 is 26.8 Å². The summed E-state index contributed by atoms with van der Waals surface area (Å²) in [5, 5.41) is 3.21. The molecular formula is C30H29BSSi. The zero-order valence-electron chi connectivity index (χ0n) is 20.1. The quantitative estimate of drug-likeness (QED) is 0.325. The highest BCUT2D eigenvalue weighted by Crippen LogP contribution is 2.34. The van der Waals surface area contributed by atoms with Gasteiger partial charge in [0.15, 0.2) is 0 Å². The first-order valence-electron chi connectivity index (χ1n) is 11.9. The van der Waals surface area contributed by atoms with E-state index < -0.39 is 8.07 Å². The predicted octanol–water partition coefficient (Wildman–Crippen LogP) is 4.77. The second-order valence-electron chi connectivity index (χ2n) is 11.0. The lowest BCUT2D eigenvalue weighted by Gasteiger charge is -2.40. The Bertz CT molecular complexity index is 1400. The van der Waals surface area contributed by atoms with Crippen LogP contribution in [0, 0.1) is 0 Å². The van der Waals surface area contributed by atoms with Crippen LogP contribution in [0.25, 0.3) is 11.1 Å². The van der Waals surface area contributed by atoms with E-state index in [0.29, 0.717) is 6.71 Å². The molecule has 0 aliphatic carbocycles. The molecule has 0 aromatic heterocycles. The lowest BCUT2D eigenvalue weighted by atomic mass is 9.36. The van der Waals surface area contributed by atoms with Gasteiger partial charge in [-0.15, -0.1) is 0 Å². The summed E-state index contributed by atoms with van der Waals surface area (Å²) in [5.41, 5.74) is 8.73. The van der Waals surface area contributed by atoms with Crippen molar-refractivity contribution in [3.05, 3.63) is 90.5 Å². The molecule has 6 rings (SSSR count). The summed E-state index contributed by atoms with van der Waals surface area (Å²) >= 11 is 1.96. The largest absolute Gasteiger partial charge is 0.243 e. The highest BCUT2D eigenvalue weighted by molar-refractivity contribution is 8.00. The van der Waals surface area contributed by atoms with Crippen molar-refractivity contribution >= 4 is 53.3 Å². The molecule has 0 fully saturated rings. The molecule has 3 heteroatoms. The minimum absolute atomic E-state index is 0.178. The molecule has 4 aromatic carbocycles. The fraction of sp³-hybridized carbons (Fsp3) is 0.200. The summed E-state index contributed by atoms with van der Waals surface area (Å²) in [4.78, 5) is 2.85. The van der Waals surface area contributed by atoms with Gasteiger partial charge in [-0.1, -0.05) is 145 Å². The van der Waals surface area contributed by atoms with Gasteiger partial charge in [0.1, 0.15) is 8.07 Å². The van der Waals surface area contributed by atoms with Crippen LogP contribution in [0.5, 0.6) is 0 Å². The van der Waals surface area contributed by atoms with Crippen molar-refractivity contribution in [3.63, 3.8) is 0 Å². The van der Waals surface area contributed by atoms with E-state index in [9.17, 15) is 0 Å². The highest BCUT2D eigenvalue weighted by atomic mass is 32.2. The average molecular weight is 461 g/mol. The maximum atomic E-state index is 2.52. The second-order valence-corrected chi connectivity index (χ2v) is 16.5. The van der Waals surface area contributed by atoms with Gasteiger partial charge < -0.3 is 0 Å². The molecule has 2 aliphatic rings. The Morgan fingerprint density at radius 2 is 1.36 bits per heavy atom. The van der Waals surface area contributed by atoms with Crippen LogP contribution in [0.2, 0.25) is 13.1 Å². The third-order valence-electron chi connectivity index (χ3n) is 7.60. The molecule has 0 saturated heterocycles. The van der Waals surface area contributed by atoms with Crippen molar-refractivity contribution in [1.82, 2.24) is 0 Å². The van der Waals surface area contributed by atoms with Crippen LogP contribution in [0.3, 0.4) is 0 Å². The zero-order chi connectivity index (χ0) is 23.0. The molecule has 0 amide bonds. The maximum Gasteiger partial charge on any atom is 0.243 e. The smallest absolute Gasteiger partial charge is 0.0912 e. The Balaban J connectivity index is 1.50. The molecule has 0 saturated carbocycles. The molecule has 2 aliphatic heterocycles. The molecule has 0 spiro atoms. The van der Waals surface area contributed by atoms with Crippen molar-refractivity contribution < 1.29 is 0 Å². The van der Waals surface area contributed by atoms with Gasteiger partial charge in [0, 0.05) is 9.79 Å². The van der Waals surface area contributed by atoms with Crippen LogP contribution in [-0.4, -0.2) is 14.8 Å². The maximum absolute atomic E-state index is 2.52. The predicted molar refractivity (Wildman–Crippen MR) is 149 cm³/mol. The third-order valence-corrected chi connectivity index (χ3v) is 12.3. The minimum atomic E-state index is -1.71. The average Bonchev–Trinajstić information content (AvgIpc) is 2.81. The molecule has 4 aromatic rings. The van der Waals surface area contributed by atoms with Gasteiger partial charge in [-0.2, -0.15) is 0 Å². The Morgan fingerprint density at radius 3 is 2.12 bits per heavy atom. The molecule has 0 bridgehead atoms. The van der Waals surface area contributed by atoms with E-state index in [0.717, 1.165) is 0 Å². The molecule has 162 valence electrons. The third kappa shape index (κ3) is 3.20. The standard InChI is InChI=1S/C30H29BSSi/c1-30(2,3)22-16-13-20(14-17-22)21-15-18-23-26(19-21)32-25-10-8-12-28-29(25)31(23)24-9-6-7-11-27(24)33(28,4)5/h6-19H,1-5H3. The SMILES string of the molecule is CC(C)(C)c1ccc(-c2ccc3c(c2)Sc2cccc4c2B3c2ccccc2[Si]4(C)C)cc1. The Morgan fingerprint density at radius 1 is 0.667 bits per heavy atom. The summed E-state index contributed by atoms with van der Waals surface area (Å²) in [6.07, 6.45) is 0.